The molecule has 7 nitrogen and oxygen atoms in total. The number of pyridine rings is 1. The molecule has 0 atom stereocenters. The molecule has 2 aromatic heterocycles. The maximum absolute atomic E-state index is 12.3. The van der Waals surface area contributed by atoms with E-state index in [1.165, 1.54) is 0 Å². The lowest BCUT2D eigenvalue weighted by Gasteiger charge is -2.18. The van der Waals surface area contributed by atoms with Crippen LogP contribution in [0.1, 0.15) is 12.8 Å². The lowest BCUT2D eigenvalue weighted by Crippen LogP contribution is -2.15. The van der Waals surface area contributed by atoms with E-state index < -0.39 is 0 Å². The Labute approximate surface area is 185 Å². The van der Waals surface area contributed by atoms with Crippen LogP contribution in [0.25, 0.3) is 16.9 Å². The molecular formula is C25H23N3O4. The quantitative estimate of drug-likeness (QED) is 0.436. The first kappa shape index (κ1) is 19.9. The van der Waals surface area contributed by atoms with Crippen LogP contribution in [0.3, 0.4) is 0 Å². The second-order valence-corrected chi connectivity index (χ2v) is 7.48. The van der Waals surface area contributed by atoms with Gasteiger partial charge in [-0.05, 0) is 48.9 Å². The standard InChI is InChI=1S/C25H23N3O4/c29-25(7-4-12-30-20-5-2-1-3-6-20)26-19-9-11-24-27-21(17-28(24)16-19)18-8-10-22-23(15-18)32-14-13-31-22/h1-3,5-6,8-11,15-17H,4,7,12-14H2,(H,26,29). The minimum Gasteiger partial charge on any atom is -0.494 e. The predicted molar refractivity (Wildman–Crippen MR) is 121 cm³/mol. The molecule has 0 radical (unpaired) electrons. The predicted octanol–water partition coefficient (Wildman–Crippen LogP) is 4.57. The number of nitrogens with one attached hydrogen (secondary N) is 1. The largest absolute Gasteiger partial charge is 0.494 e. The second kappa shape index (κ2) is 9.01. The van der Waals surface area contributed by atoms with Crippen molar-refractivity contribution in [1.82, 2.24) is 9.38 Å². The lowest BCUT2D eigenvalue weighted by molar-refractivity contribution is -0.116. The highest BCUT2D eigenvalue weighted by molar-refractivity contribution is 5.90. The fourth-order valence-corrected chi connectivity index (χ4v) is 3.57. The van der Waals surface area contributed by atoms with E-state index in [2.05, 4.69) is 10.3 Å². The number of nitrogens with zero attached hydrogens (tertiary/aromatic N) is 2. The van der Waals surface area contributed by atoms with E-state index in [1.54, 1.807) is 0 Å². The zero-order valence-corrected chi connectivity index (χ0v) is 17.5. The van der Waals surface area contributed by atoms with E-state index in [1.807, 2.05) is 77.5 Å². The lowest BCUT2D eigenvalue weighted by atomic mass is 10.1. The molecule has 0 bridgehead atoms. The molecule has 7 heteroatoms. The SMILES string of the molecule is O=C(CCCOc1ccccc1)Nc1ccc2nc(-c3ccc4c(c3)OCCO4)cn2c1. The van der Waals surface area contributed by atoms with Gasteiger partial charge >= 0.3 is 0 Å². The van der Waals surface area contributed by atoms with Gasteiger partial charge in [0.2, 0.25) is 5.91 Å². The van der Waals surface area contributed by atoms with Crippen LogP contribution in [0.2, 0.25) is 0 Å². The summed E-state index contributed by atoms with van der Waals surface area (Å²) in [5.74, 6) is 2.25. The first-order valence-electron chi connectivity index (χ1n) is 10.6. The molecule has 1 aliphatic heterocycles. The van der Waals surface area contributed by atoms with E-state index in [0.29, 0.717) is 32.7 Å². The maximum atomic E-state index is 12.3. The third kappa shape index (κ3) is 4.51. The number of benzene rings is 2. The van der Waals surface area contributed by atoms with Crippen LogP contribution < -0.4 is 19.5 Å². The van der Waals surface area contributed by atoms with Crippen molar-refractivity contribution in [2.75, 3.05) is 25.1 Å². The summed E-state index contributed by atoms with van der Waals surface area (Å²) in [6, 6.07) is 19.1. The highest BCUT2D eigenvalue weighted by Crippen LogP contribution is 2.34. The molecule has 0 unspecified atom stereocenters. The molecule has 0 saturated carbocycles. The van der Waals surface area contributed by atoms with Crippen LogP contribution in [-0.4, -0.2) is 35.1 Å². The number of imidazole rings is 1. The van der Waals surface area contributed by atoms with Crippen molar-refractivity contribution < 1.29 is 19.0 Å². The highest BCUT2D eigenvalue weighted by atomic mass is 16.6. The fourth-order valence-electron chi connectivity index (χ4n) is 3.57. The molecule has 2 aromatic carbocycles. The number of aromatic nitrogens is 2. The smallest absolute Gasteiger partial charge is 0.224 e. The number of anilines is 1. The van der Waals surface area contributed by atoms with Crippen LogP contribution in [0.15, 0.2) is 73.1 Å². The van der Waals surface area contributed by atoms with Crippen molar-refractivity contribution >= 4 is 17.2 Å². The third-order valence-corrected chi connectivity index (χ3v) is 5.13. The molecule has 1 N–H and O–H groups in total. The molecular weight excluding hydrogens is 406 g/mol. The van der Waals surface area contributed by atoms with Crippen LogP contribution in [0.4, 0.5) is 5.69 Å². The van der Waals surface area contributed by atoms with Gasteiger partial charge in [-0.15, -0.1) is 0 Å². The summed E-state index contributed by atoms with van der Waals surface area (Å²) in [5.41, 5.74) is 3.28. The highest BCUT2D eigenvalue weighted by Gasteiger charge is 2.14. The molecule has 162 valence electrons. The van der Waals surface area contributed by atoms with Crippen molar-refractivity contribution in [3.05, 3.63) is 73.1 Å². The molecule has 0 saturated heterocycles. The number of para-hydroxylation sites is 1. The van der Waals surface area contributed by atoms with Gasteiger partial charge in [0.1, 0.15) is 24.6 Å². The van der Waals surface area contributed by atoms with Gasteiger partial charge in [0.25, 0.3) is 0 Å². The minimum atomic E-state index is -0.0480. The first-order valence-corrected chi connectivity index (χ1v) is 10.6. The molecule has 5 rings (SSSR count). The van der Waals surface area contributed by atoms with Crippen molar-refractivity contribution in [3.63, 3.8) is 0 Å². The Kier molecular flexibility index (Phi) is 5.61. The summed E-state index contributed by atoms with van der Waals surface area (Å²) in [6.45, 7) is 1.61. The molecule has 0 fully saturated rings. The molecule has 32 heavy (non-hydrogen) atoms. The van der Waals surface area contributed by atoms with Gasteiger partial charge in [-0.2, -0.15) is 0 Å². The van der Waals surface area contributed by atoms with Gasteiger partial charge in [0, 0.05) is 24.4 Å². The zero-order chi connectivity index (χ0) is 21.8. The number of hydrogen-bond donors (Lipinski definition) is 1. The van der Waals surface area contributed by atoms with Gasteiger partial charge < -0.3 is 23.9 Å². The summed E-state index contributed by atoms with van der Waals surface area (Å²) in [5, 5.41) is 2.94. The number of ether oxygens (including phenoxy) is 3. The summed E-state index contributed by atoms with van der Waals surface area (Å²) in [4.78, 5) is 17.0. The summed E-state index contributed by atoms with van der Waals surface area (Å²) in [7, 11) is 0. The van der Waals surface area contributed by atoms with E-state index in [4.69, 9.17) is 14.2 Å². The van der Waals surface area contributed by atoms with E-state index in [-0.39, 0.29) is 5.91 Å². The Bertz CT molecular complexity index is 1240. The molecule has 1 aliphatic rings. The van der Waals surface area contributed by atoms with Crippen LogP contribution in [0, 0.1) is 0 Å². The third-order valence-electron chi connectivity index (χ3n) is 5.13. The van der Waals surface area contributed by atoms with Crippen molar-refractivity contribution in [2.24, 2.45) is 0 Å². The Hall–Kier alpha value is -4.00. The van der Waals surface area contributed by atoms with Gasteiger partial charge in [-0.1, -0.05) is 18.2 Å². The topological polar surface area (TPSA) is 74.1 Å². The Balaban J connectivity index is 1.21. The van der Waals surface area contributed by atoms with Gasteiger partial charge in [0.05, 0.1) is 18.0 Å². The van der Waals surface area contributed by atoms with Crippen molar-refractivity contribution in [3.8, 4) is 28.5 Å². The van der Waals surface area contributed by atoms with Crippen molar-refractivity contribution in [2.45, 2.75) is 12.8 Å². The second-order valence-electron chi connectivity index (χ2n) is 7.48. The van der Waals surface area contributed by atoms with E-state index in [9.17, 15) is 4.79 Å². The minimum absolute atomic E-state index is 0.0480. The van der Waals surface area contributed by atoms with Gasteiger partial charge in [0.15, 0.2) is 11.5 Å². The number of amides is 1. The average Bonchev–Trinajstić information content (AvgIpc) is 3.26. The number of carbonyl (C=O) groups excluding carboxylic acids is 1. The monoisotopic (exact) mass is 429 g/mol. The van der Waals surface area contributed by atoms with E-state index >= 15 is 0 Å². The summed E-state index contributed by atoms with van der Waals surface area (Å²) < 4.78 is 18.8. The average molecular weight is 429 g/mol. The molecule has 1 amide bonds. The number of hydrogen-bond acceptors (Lipinski definition) is 5. The van der Waals surface area contributed by atoms with E-state index in [0.717, 1.165) is 39.8 Å². The summed E-state index contributed by atoms with van der Waals surface area (Å²) >= 11 is 0. The number of rotatable bonds is 7. The zero-order valence-electron chi connectivity index (χ0n) is 17.5. The van der Waals surface area contributed by atoms with Crippen molar-refractivity contribution in [1.29, 1.82) is 0 Å². The Morgan fingerprint density at radius 2 is 1.84 bits per heavy atom. The maximum Gasteiger partial charge on any atom is 0.224 e. The Morgan fingerprint density at radius 1 is 1.00 bits per heavy atom. The van der Waals surface area contributed by atoms with Crippen LogP contribution in [-0.2, 0) is 4.79 Å². The van der Waals surface area contributed by atoms with Crippen LogP contribution >= 0.6 is 0 Å². The molecule has 3 heterocycles. The number of carbonyl (C=O) groups is 1. The van der Waals surface area contributed by atoms with Crippen LogP contribution in [0.5, 0.6) is 17.2 Å². The van der Waals surface area contributed by atoms with Gasteiger partial charge in [-0.25, -0.2) is 4.98 Å². The first-order chi connectivity index (χ1) is 15.7. The fraction of sp³-hybridized carbons (Fsp3) is 0.200. The number of fused-ring (bicyclic) bond motifs is 2. The Morgan fingerprint density at radius 3 is 2.72 bits per heavy atom. The molecule has 0 spiro atoms. The summed E-state index contributed by atoms with van der Waals surface area (Å²) in [6.07, 6.45) is 4.83. The molecule has 4 aromatic rings. The van der Waals surface area contributed by atoms with Gasteiger partial charge in [-0.3, -0.25) is 4.79 Å². The normalized spacial score (nSPS) is 12.5. The molecule has 0 aliphatic carbocycles.